The van der Waals surface area contributed by atoms with E-state index in [2.05, 4.69) is 24.0 Å². The summed E-state index contributed by atoms with van der Waals surface area (Å²) in [6.07, 6.45) is 5.47. The fourth-order valence-electron chi connectivity index (χ4n) is 1.23. The van der Waals surface area contributed by atoms with Crippen LogP contribution in [0.5, 0.6) is 0 Å². The van der Waals surface area contributed by atoms with Gasteiger partial charge in [0.1, 0.15) is 0 Å². The van der Waals surface area contributed by atoms with Gasteiger partial charge in [-0.3, -0.25) is 0 Å². The molecule has 1 heterocycles. The maximum absolute atomic E-state index is 4.08. The molecular weight excluding hydrogens is 148 g/mol. The molecule has 1 rings (SSSR count). The smallest absolute Gasteiger partial charge is 0.0659 e. The lowest BCUT2D eigenvalue weighted by Gasteiger charge is -2.07. The monoisotopic (exact) mass is 164 g/mol. The summed E-state index contributed by atoms with van der Waals surface area (Å²) in [6, 6.07) is 4.00. The normalized spacial score (nSPS) is 12.8. The first-order valence-corrected chi connectivity index (χ1v) is 4.62. The van der Waals surface area contributed by atoms with Crippen LogP contribution in [0.2, 0.25) is 0 Å². The molecule has 1 unspecified atom stereocenters. The van der Waals surface area contributed by atoms with Crippen LogP contribution in [0, 0.1) is 0 Å². The molecule has 0 N–H and O–H groups in total. The van der Waals surface area contributed by atoms with E-state index < -0.39 is 0 Å². The highest BCUT2D eigenvalue weighted by molar-refractivity contribution is 5.04. The van der Waals surface area contributed by atoms with Gasteiger partial charge < -0.3 is 0 Å². The van der Waals surface area contributed by atoms with E-state index in [0.717, 1.165) is 5.69 Å². The first kappa shape index (κ1) is 9.17. The van der Waals surface area contributed by atoms with E-state index >= 15 is 0 Å². The molecule has 1 aromatic rings. The summed E-state index contributed by atoms with van der Waals surface area (Å²) < 4.78 is 0. The van der Waals surface area contributed by atoms with E-state index in [1.54, 1.807) is 6.20 Å². The van der Waals surface area contributed by atoms with Gasteiger partial charge in [0.2, 0.25) is 0 Å². The van der Waals surface area contributed by atoms with E-state index in [-0.39, 0.29) is 0 Å². The van der Waals surface area contributed by atoms with Gasteiger partial charge in [0.05, 0.1) is 5.69 Å². The Morgan fingerprint density at radius 3 is 2.92 bits per heavy atom. The maximum Gasteiger partial charge on any atom is 0.0659 e. The Labute approximate surface area is 74.0 Å². The molecule has 0 bridgehead atoms. The van der Waals surface area contributed by atoms with Crippen molar-refractivity contribution in [2.75, 3.05) is 0 Å². The van der Waals surface area contributed by atoms with Gasteiger partial charge >= 0.3 is 0 Å². The summed E-state index contributed by atoms with van der Waals surface area (Å²) in [7, 11) is 0. The Bertz CT molecular complexity index is 208. The van der Waals surface area contributed by atoms with Gasteiger partial charge in [0.15, 0.2) is 0 Å². The van der Waals surface area contributed by atoms with Crippen molar-refractivity contribution >= 4 is 0 Å². The second kappa shape index (κ2) is 4.86. The van der Waals surface area contributed by atoms with Gasteiger partial charge in [-0.1, -0.05) is 26.7 Å². The van der Waals surface area contributed by atoms with Crippen molar-refractivity contribution in [2.45, 2.75) is 39.0 Å². The van der Waals surface area contributed by atoms with E-state index in [4.69, 9.17) is 0 Å². The Morgan fingerprint density at radius 1 is 1.50 bits per heavy atom. The Morgan fingerprint density at radius 2 is 2.33 bits per heavy atom. The number of hydrogen-bond acceptors (Lipinski definition) is 2. The predicted octanol–water partition coefficient (Wildman–Crippen LogP) is 2.77. The van der Waals surface area contributed by atoms with Crippen LogP contribution in [0.15, 0.2) is 18.3 Å². The zero-order valence-corrected chi connectivity index (χ0v) is 7.83. The minimum absolute atomic E-state index is 0.554. The van der Waals surface area contributed by atoms with Gasteiger partial charge in [-0.05, 0) is 18.6 Å². The van der Waals surface area contributed by atoms with Crippen molar-refractivity contribution in [3.05, 3.63) is 24.0 Å². The maximum atomic E-state index is 4.08. The van der Waals surface area contributed by atoms with Crippen molar-refractivity contribution in [3.63, 3.8) is 0 Å². The summed E-state index contributed by atoms with van der Waals surface area (Å²) in [5.41, 5.74) is 1.12. The van der Waals surface area contributed by atoms with Crippen LogP contribution >= 0.6 is 0 Å². The molecule has 0 saturated heterocycles. The largest absolute Gasteiger partial charge is 0.159 e. The van der Waals surface area contributed by atoms with Crippen molar-refractivity contribution in [1.29, 1.82) is 0 Å². The molecule has 0 amide bonds. The van der Waals surface area contributed by atoms with E-state index in [1.165, 1.54) is 19.3 Å². The second-order valence-electron chi connectivity index (χ2n) is 3.19. The minimum atomic E-state index is 0.554. The van der Waals surface area contributed by atoms with E-state index in [0.29, 0.717) is 5.92 Å². The quantitative estimate of drug-likeness (QED) is 0.683. The number of unbranched alkanes of at least 4 members (excludes halogenated alkanes) is 1. The predicted molar refractivity (Wildman–Crippen MR) is 50.0 cm³/mol. The molecule has 12 heavy (non-hydrogen) atoms. The molecule has 2 heteroatoms. The Balaban J connectivity index is 2.48. The summed E-state index contributed by atoms with van der Waals surface area (Å²) in [5.74, 6) is 0.554. The number of rotatable bonds is 4. The minimum Gasteiger partial charge on any atom is -0.159 e. The lowest BCUT2D eigenvalue weighted by Crippen LogP contribution is -1.97. The molecule has 0 aliphatic rings. The van der Waals surface area contributed by atoms with E-state index in [9.17, 15) is 0 Å². The molecule has 0 aliphatic carbocycles. The fraction of sp³-hybridized carbons (Fsp3) is 0.600. The van der Waals surface area contributed by atoms with Gasteiger partial charge in [-0.25, -0.2) is 0 Å². The highest BCUT2D eigenvalue weighted by atomic mass is 15.1. The molecule has 0 aromatic carbocycles. The fourth-order valence-corrected chi connectivity index (χ4v) is 1.23. The van der Waals surface area contributed by atoms with Crippen LogP contribution in [0.4, 0.5) is 0 Å². The molecule has 1 atom stereocenters. The van der Waals surface area contributed by atoms with Crippen LogP contribution in [0.25, 0.3) is 0 Å². The van der Waals surface area contributed by atoms with Crippen molar-refractivity contribution < 1.29 is 0 Å². The third-order valence-corrected chi connectivity index (χ3v) is 2.09. The molecule has 1 aromatic heterocycles. The van der Waals surface area contributed by atoms with Crippen molar-refractivity contribution in [3.8, 4) is 0 Å². The van der Waals surface area contributed by atoms with Crippen LogP contribution in [-0.4, -0.2) is 10.2 Å². The number of hydrogen-bond donors (Lipinski definition) is 0. The zero-order valence-electron chi connectivity index (χ0n) is 7.83. The molecule has 66 valence electrons. The van der Waals surface area contributed by atoms with Crippen LogP contribution < -0.4 is 0 Å². The molecule has 0 aliphatic heterocycles. The second-order valence-corrected chi connectivity index (χ2v) is 3.19. The first-order valence-electron chi connectivity index (χ1n) is 4.62. The van der Waals surface area contributed by atoms with Gasteiger partial charge in [-0.15, -0.1) is 0 Å². The topological polar surface area (TPSA) is 25.8 Å². The first-order chi connectivity index (χ1) is 5.84. The zero-order chi connectivity index (χ0) is 8.81. The lowest BCUT2D eigenvalue weighted by atomic mass is 10.0. The molecule has 0 spiro atoms. The number of nitrogens with zero attached hydrogens (tertiary/aromatic N) is 2. The summed E-state index contributed by atoms with van der Waals surface area (Å²) in [4.78, 5) is 0. The standard InChI is InChI=1S/C10H16N2/c1-3-4-6-9(2)10-7-5-8-11-12-10/h5,7-9H,3-4,6H2,1-2H3. The Hall–Kier alpha value is -0.920. The third kappa shape index (κ3) is 2.61. The highest BCUT2D eigenvalue weighted by Crippen LogP contribution is 2.17. The van der Waals surface area contributed by atoms with Gasteiger partial charge in [0.25, 0.3) is 0 Å². The summed E-state index contributed by atoms with van der Waals surface area (Å²) in [6.45, 7) is 4.42. The summed E-state index contributed by atoms with van der Waals surface area (Å²) in [5, 5.41) is 7.95. The molecule has 0 fully saturated rings. The van der Waals surface area contributed by atoms with Crippen molar-refractivity contribution in [1.82, 2.24) is 10.2 Å². The SMILES string of the molecule is CCCCC(C)c1cccnn1. The molecule has 0 saturated carbocycles. The molecular formula is C10H16N2. The van der Waals surface area contributed by atoms with E-state index in [1.807, 2.05) is 12.1 Å². The average molecular weight is 164 g/mol. The van der Waals surface area contributed by atoms with Crippen molar-refractivity contribution in [2.24, 2.45) is 0 Å². The molecule has 0 radical (unpaired) electrons. The number of aromatic nitrogens is 2. The Kier molecular flexibility index (Phi) is 3.71. The van der Waals surface area contributed by atoms with Gasteiger partial charge in [0, 0.05) is 12.1 Å². The van der Waals surface area contributed by atoms with Crippen LogP contribution in [-0.2, 0) is 0 Å². The summed E-state index contributed by atoms with van der Waals surface area (Å²) >= 11 is 0. The van der Waals surface area contributed by atoms with Crippen LogP contribution in [0.1, 0.15) is 44.7 Å². The van der Waals surface area contributed by atoms with Gasteiger partial charge in [-0.2, -0.15) is 10.2 Å². The molecule has 2 nitrogen and oxygen atoms in total. The lowest BCUT2D eigenvalue weighted by molar-refractivity contribution is 0.604. The highest BCUT2D eigenvalue weighted by Gasteiger charge is 2.04. The third-order valence-electron chi connectivity index (χ3n) is 2.09. The van der Waals surface area contributed by atoms with Crippen LogP contribution in [0.3, 0.4) is 0 Å². The average Bonchev–Trinajstić information content (AvgIpc) is 2.15.